The Morgan fingerprint density at radius 1 is 1.00 bits per heavy atom. The molecule has 7 nitrogen and oxygen atoms in total. The molecular weight excluding hydrogens is 411 g/mol. The van der Waals surface area contributed by atoms with Crippen molar-refractivity contribution in [3.63, 3.8) is 0 Å². The third-order valence-electron chi connectivity index (χ3n) is 6.79. The van der Waals surface area contributed by atoms with Crippen molar-refractivity contribution >= 4 is 5.65 Å². The fourth-order valence-corrected chi connectivity index (χ4v) is 5.21. The SMILES string of the molecule is O=c1nc2ccccn2c(=O)n1CCCN1C2CCC1CC(OCc1ccccc1F)C2. The van der Waals surface area contributed by atoms with E-state index in [1.807, 2.05) is 6.07 Å². The summed E-state index contributed by atoms with van der Waals surface area (Å²) >= 11 is 0. The molecule has 2 fully saturated rings. The van der Waals surface area contributed by atoms with E-state index in [1.54, 1.807) is 36.5 Å². The molecule has 2 aromatic heterocycles. The van der Waals surface area contributed by atoms with Crippen molar-refractivity contribution in [2.45, 2.75) is 63.4 Å². The number of aromatic nitrogens is 3. The highest BCUT2D eigenvalue weighted by Gasteiger charge is 2.40. The zero-order valence-electron chi connectivity index (χ0n) is 17.9. The first-order chi connectivity index (χ1) is 15.6. The van der Waals surface area contributed by atoms with Crippen LogP contribution in [0, 0.1) is 5.82 Å². The van der Waals surface area contributed by atoms with Crippen molar-refractivity contribution in [2.75, 3.05) is 6.54 Å². The Hall–Kier alpha value is -2.84. The highest BCUT2D eigenvalue weighted by Crippen LogP contribution is 2.37. The average Bonchev–Trinajstić information content (AvgIpc) is 3.03. The molecule has 4 heterocycles. The molecule has 0 radical (unpaired) electrons. The maximum absolute atomic E-state index is 13.9. The van der Waals surface area contributed by atoms with Crippen LogP contribution in [0.15, 0.2) is 58.3 Å². The Morgan fingerprint density at radius 2 is 1.75 bits per heavy atom. The van der Waals surface area contributed by atoms with Crippen LogP contribution in [0.25, 0.3) is 5.65 Å². The summed E-state index contributed by atoms with van der Waals surface area (Å²) in [5.41, 5.74) is 0.130. The van der Waals surface area contributed by atoms with Crippen molar-refractivity contribution in [3.8, 4) is 0 Å². The number of hydrogen-bond donors (Lipinski definition) is 0. The van der Waals surface area contributed by atoms with Gasteiger partial charge in [0.1, 0.15) is 11.5 Å². The molecule has 8 heteroatoms. The van der Waals surface area contributed by atoms with Crippen molar-refractivity contribution in [1.29, 1.82) is 0 Å². The van der Waals surface area contributed by atoms with Crippen LogP contribution >= 0.6 is 0 Å². The number of pyridine rings is 1. The molecule has 2 atom stereocenters. The third kappa shape index (κ3) is 4.12. The summed E-state index contributed by atoms with van der Waals surface area (Å²) < 4.78 is 22.5. The van der Waals surface area contributed by atoms with E-state index in [4.69, 9.17) is 4.74 Å². The first-order valence-corrected chi connectivity index (χ1v) is 11.3. The maximum atomic E-state index is 13.9. The number of hydrogen-bond acceptors (Lipinski definition) is 5. The Bertz CT molecular complexity index is 1210. The van der Waals surface area contributed by atoms with Gasteiger partial charge in [0.05, 0.1) is 12.7 Å². The smallest absolute Gasteiger partial charge is 0.353 e. The fraction of sp³-hybridized carbons (Fsp3) is 0.458. The first-order valence-electron chi connectivity index (χ1n) is 11.3. The topological polar surface area (TPSA) is 68.8 Å². The van der Waals surface area contributed by atoms with Gasteiger partial charge in [0.15, 0.2) is 0 Å². The molecule has 0 N–H and O–H groups in total. The molecule has 2 unspecified atom stereocenters. The van der Waals surface area contributed by atoms with Crippen molar-refractivity contribution in [2.24, 2.45) is 0 Å². The number of piperidine rings is 1. The van der Waals surface area contributed by atoms with Gasteiger partial charge in [-0.05, 0) is 50.3 Å². The highest BCUT2D eigenvalue weighted by molar-refractivity contribution is 5.35. The molecule has 0 aliphatic carbocycles. The highest BCUT2D eigenvalue weighted by atomic mass is 19.1. The van der Waals surface area contributed by atoms with Crippen LogP contribution in [0.4, 0.5) is 4.39 Å². The molecule has 2 saturated heterocycles. The summed E-state index contributed by atoms with van der Waals surface area (Å²) in [5, 5.41) is 0. The number of benzene rings is 1. The standard InChI is InChI=1S/C24H27FN4O3/c25-21-7-2-1-6-17(21)16-32-20-14-18-9-10-19(15-20)27(18)12-5-13-29-23(30)26-22-8-3-4-11-28(22)24(29)31/h1-4,6-8,11,18-20H,5,9-10,12-16H2. The van der Waals surface area contributed by atoms with E-state index in [2.05, 4.69) is 9.88 Å². The van der Waals surface area contributed by atoms with Crippen LogP contribution in [0.3, 0.4) is 0 Å². The molecule has 2 bridgehead atoms. The van der Waals surface area contributed by atoms with Gasteiger partial charge in [0.2, 0.25) is 0 Å². The Morgan fingerprint density at radius 3 is 2.53 bits per heavy atom. The van der Waals surface area contributed by atoms with Gasteiger partial charge in [0, 0.05) is 36.9 Å². The maximum Gasteiger partial charge on any atom is 0.353 e. The van der Waals surface area contributed by atoms with Gasteiger partial charge < -0.3 is 4.74 Å². The van der Waals surface area contributed by atoms with Gasteiger partial charge in [-0.3, -0.25) is 9.30 Å². The minimum atomic E-state index is -0.496. The molecule has 2 aliphatic heterocycles. The third-order valence-corrected chi connectivity index (χ3v) is 6.79. The van der Waals surface area contributed by atoms with Crippen LogP contribution in [0.2, 0.25) is 0 Å². The number of halogens is 1. The van der Waals surface area contributed by atoms with Crippen molar-refractivity contribution < 1.29 is 9.13 Å². The van der Waals surface area contributed by atoms with E-state index in [1.165, 1.54) is 15.0 Å². The van der Waals surface area contributed by atoms with E-state index in [0.29, 0.717) is 42.9 Å². The summed E-state index contributed by atoms with van der Waals surface area (Å²) in [6.07, 6.45) is 6.61. The second-order valence-corrected chi connectivity index (χ2v) is 8.73. The molecule has 3 aromatic rings. The lowest BCUT2D eigenvalue weighted by molar-refractivity contribution is -0.0293. The van der Waals surface area contributed by atoms with Crippen molar-refractivity contribution in [1.82, 2.24) is 18.9 Å². The molecule has 0 saturated carbocycles. The predicted molar refractivity (Wildman–Crippen MR) is 118 cm³/mol. The van der Waals surface area contributed by atoms with E-state index in [0.717, 1.165) is 32.2 Å². The second-order valence-electron chi connectivity index (χ2n) is 8.73. The van der Waals surface area contributed by atoms with Gasteiger partial charge in [-0.1, -0.05) is 24.3 Å². The molecule has 5 rings (SSSR count). The Kier molecular flexibility index (Phi) is 5.89. The van der Waals surface area contributed by atoms with Gasteiger partial charge in [-0.2, -0.15) is 4.98 Å². The predicted octanol–water partition coefficient (Wildman–Crippen LogP) is 2.60. The quantitative estimate of drug-likeness (QED) is 0.567. The largest absolute Gasteiger partial charge is 0.373 e. The summed E-state index contributed by atoms with van der Waals surface area (Å²) in [4.78, 5) is 31.5. The van der Waals surface area contributed by atoms with E-state index in [9.17, 15) is 14.0 Å². The average molecular weight is 439 g/mol. The van der Waals surface area contributed by atoms with Crippen molar-refractivity contribution in [3.05, 3.63) is 81.0 Å². The van der Waals surface area contributed by atoms with Crippen LogP contribution in [0.5, 0.6) is 0 Å². The number of nitrogens with zero attached hydrogens (tertiary/aromatic N) is 4. The van der Waals surface area contributed by atoms with Crippen LogP contribution in [-0.4, -0.2) is 43.6 Å². The number of fused-ring (bicyclic) bond motifs is 3. The van der Waals surface area contributed by atoms with E-state index < -0.39 is 5.69 Å². The molecule has 2 aliphatic rings. The molecule has 32 heavy (non-hydrogen) atoms. The molecule has 168 valence electrons. The minimum absolute atomic E-state index is 0.139. The van der Waals surface area contributed by atoms with Gasteiger partial charge in [-0.15, -0.1) is 0 Å². The lowest BCUT2D eigenvalue weighted by Gasteiger charge is -2.38. The monoisotopic (exact) mass is 438 g/mol. The summed E-state index contributed by atoms with van der Waals surface area (Å²) in [7, 11) is 0. The summed E-state index contributed by atoms with van der Waals surface area (Å²) in [6, 6.07) is 12.8. The van der Waals surface area contributed by atoms with Gasteiger partial charge >= 0.3 is 11.4 Å². The lowest BCUT2D eigenvalue weighted by Crippen LogP contribution is -2.46. The minimum Gasteiger partial charge on any atom is -0.373 e. The van der Waals surface area contributed by atoms with Crippen LogP contribution < -0.4 is 11.4 Å². The zero-order chi connectivity index (χ0) is 22.1. The van der Waals surface area contributed by atoms with Crippen LogP contribution in [0.1, 0.15) is 37.7 Å². The summed E-state index contributed by atoms with van der Waals surface area (Å²) in [5.74, 6) is -0.220. The Balaban J connectivity index is 1.18. The molecule has 0 spiro atoms. The fourth-order valence-electron chi connectivity index (χ4n) is 5.21. The normalized spacial score (nSPS) is 23.1. The number of rotatable bonds is 7. The van der Waals surface area contributed by atoms with Crippen LogP contribution in [-0.2, 0) is 17.9 Å². The molecular formula is C24H27FN4O3. The summed E-state index contributed by atoms with van der Waals surface area (Å²) in [6.45, 7) is 1.49. The molecule has 0 amide bonds. The first kappa shape index (κ1) is 21.0. The second kappa shape index (κ2) is 8.96. The van der Waals surface area contributed by atoms with E-state index >= 15 is 0 Å². The number of ether oxygens (including phenoxy) is 1. The Labute approximate surface area is 185 Å². The zero-order valence-corrected chi connectivity index (χ0v) is 17.9. The van der Waals surface area contributed by atoms with Gasteiger partial charge in [-0.25, -0.2) is 18.5 Å². The molecule has 1 aromatic carbocycles. The lowest BCUT2D eigenvalue weighted by atomic mass is 9.99. The van der Waals surface area contributed by atoms with E-state index in [-0.39, 0.29) is 17.6 Å². The van der Waals surface area contributed by atoms with Gasteiger partial charge in [0.25, 0.3) is 0 Å².